The van der Waals surface area contributed by atoms with Gasteiger partial charge in [0, 0.05) is 29.3 Å². The summed E-state index contributed by atoms with van der Waals surface area (Å²) in [6.45, 7) is 19.2. The summed E-state index contributed by atoms with van der Waals surface area (Å²) >= 11 is 5.45. The first-order valence-corrected chi connectivity index (χ1v) is 32.0. The molecule has 280 valence electrons. The Labute approximate surface area is 322 Å². The average molecular weight is 821 g/mol. The molecule has 1 aliphatic rings. The van der Waals surface area contributed by atoms with Gasteiger partial charge in [-0.15, -0.1) is 34.0 Å². The number of halogens is 1. The summed E-state index contributed by atoms with van der Waals surface area (Å²) in [7, 11) is -9.27. The van der Waals surface area contributed by atoms with Crippen LogP contribution in [0.3, 0.4) is 0 Å². The van der Waals surface area contributed by atoms with E-state index in [2.05, 4.69) is 89.2 Å². The molecule has 0 bridgehead atoms. The van der Waals surface area contributed by atoms with Gasteiger partial charge < -0.3 is 21.2 Å². The molecule has 0 unspecified atom stereocenters. The van der Waals surface area contributed by atoms with Gasteiger partial charge in [0.05, 0.1) is 6.10 Å². The topological polar surface area (TPSA) is 46.2 Å². The van der Waals surface area contributed by atoms with Crippen molar-refractivity contribution < 1.29 is 25.6 Å². The van der Waals surface area contributed by atoms with Crippen molar-refractivity contribution in [2.24, 2.45) is 0 Å². The van der Waals surface area contributed by atoms with Crippen molar-refractivity contribution in [2.45, 2.75) is 130 Å². The SMILES string of the molecule is CCCCC[C@@H](C)Oc1ccc(-c2ccc(-c3ccc(-c4ccc(CCCCCC[Si]5(C)O[Si](C)(C)O[Si](C)(C)O[Si](C)(C)O5)s4)s3)s2)cc1F. The minimum Gasteiger partial charge on any atom is -0.488 e. The first-order valence-electron chi connectivity index (χ1n) is 18.6. The van der Waals surface area contributed by atoms with E-state index in [4.69, 9.17) is 21.2 Å². The van der Waals surface area contributed by atoms with Crippen molar-refractivity contribution >= 4 is 68.3 Å². The van der Waals surface area contributed by atoms with E-state index in [9.17, 15) is 4.39 Å². The Bertz CT molecular complexity index is 1700. The third-order valence-electron chi connectivity index (χ3n) is 8.83. The molecule has 13 heteroatoms. The maximum Gasteiger partial charge on any atom is 0.317 e. The lowest BCUT2D eigenvalue weighted by Crippen LogP contribution is -2.64. The predicted octanol–water partition coefficient (Wildman–Crippen LogP) is 13.7. The van der Waals surface area contributed by atoms with Crippen molar-refractivity contribution in [2.75, 3.05) is 0 Å². The van der Waals surface area contributed by atoms with Gasteiger partial charge in [-0.1, -0.05) is 39.0 Å². The Morgan fingerprint density at radius 1 is 0.627 bits per heavy atom. The summed E-state index contributed by atoms with van der Waals surface area (Å²) in [4.78, 5) is 7.58. The zero-order chi connectivity index (χ0) is 36.9. The summed E-state index contributed by atoms with van der Waals surface area (Å²) < 4.78 is 47.4. The van der Waals surface area contributed by atoms with Crippen molar-refractivity contribution in [1.29, 1.82) is 0 Å². The van der Waals surface area contributed by atoms with Gasteiger partial charge in [0.1, 0.15) is 0 Å². The van der Waals surface area contributed by atoms with Crippen LogP contribution in [0.4, 0.5) is 4.39 Å². The molecule has 0 amide bonds. The van der Waals surface area contributed by atoms with Crippen LogP contribution in [0.5, 0.6) is 5.75 Å². The molecule has 0 radical (unpaired) electrons. The van der Waals surface area contributed by atoms with E-state index < -0.39 is 34.2 Å². The molecule has 0 aliphatic carbocycles. The lowest BCUT2D eigenvalue weighted by atomic mass is 10.1. The molecule has 1 atom stereocenters. The fourth-order valence-corrected chi connectivity index (χ4v) is 32.0. The minimum absolute atomic E-state index is 0.00975. The summed E-state index contributed by atoms with van der Waals surface area (Å²) in [6, 6.07) is 19.6. The monoisotopic (exact) mass is 820 g/mol. The third-order valence-corrected chi connectivity index (χ3v) is 29.1. The number of benzene rings is 1. The zero-order valence-corrected chi connectivity index (χ0v) is 38.4. The summed E-state index contributed by atoms with van der Waals surface area (Å²) in [6.07, 6.45) is 10.2. The first-order chi connectivity index (χ1) is 24.0. The van der Waals surface area contributed by atoms with Crippen LogP contribution in [0.25, 0.3) is 29.9 Å². The molecule has 0 saturated carbocycles. The highest BCUT2D eigenvalue weighted by Crippen LogP contribution is 2.42. The first kappa shape index (κ1) is 40.9. The molecule has 1 aromatic carbocycles. The van der Waals surface area contributed by atoms with E-state index in [1.54, 1.807) is 23.5 Å². The minimum atomic E-state index is -2.38. The maximum absolute atomic E-state index is 15.0. The molecule has 0 N–H and O–H groups in total. The summed E-state index contributed by atoms with van der Waals surface area (Å²) in [5, 5.41) is 0. The number of ether oxygens (including phenoxy) is 1. The van der Waals surface area contributed by atoms with Crippen LogP contribution in [-0.4, -0.2) is 40.3 Å². The lowest BCUT2D eigenvalue weighted by molar-refractivity contribution is 0.198. The van der Waals surface area contributed by atoms with Crippen molar-refractivity contribution in [1.82, 2.24) is 0 Å². The van der Waals surface area contributed by atoms with Crippen LogP contribution in [-0.2, 0) is 22.9 Å². The Kier molecular flexibility index (Phi) is 14.0. The molecule has 5 rings (SSSR count). The van der Waals surface area contributed by atoms with E-state index in [0.717, 1.165) is 42.2 Å². The van der Waals surface area contributed by atoms with Crippen LogP contribution in [0.2, 0.25) is 51.9 Å². The van der Waals surface area contributed by atoms with E-state index in [1.807, 2.05) is 35.7 Å². The Morgan fingerprint density at radius 3 is 1.80 bits per heavy atom. The highest BCUT2D eigenvalue weighted by molar-refractivity contribution is 7.27. The highest BCUT2D eigenvalue weighted by Gasteiger charge is 2.52. The van der Waals surface area contributed by atoms with Crippen molar-refractivity contribution in [3.05, 3.63) is 65.3 Å². The van der Waals surface area contributed by atoms with Crippen molar-refractivity contribution in [3.8, 4) is 35.7 Å². The van der Waals surface area contributed by atoms with Gasteiger partial charge in [0.15, 0.2) is 11.6 Å². The van der Waals surface area contributed by atoms with Gasteiger partial charge in [0.2, 0.25) is 0 Å². The van der Waals surface area contributed by atoms with Gasteiger partial charge in [-0.2, -0.15) is 0 Å². The number of aryl methyl sites for hydroxylation is 1. The zero-order valence-electron chi connectivity index (χ0n) is 32.0. The number of hydrogen-bond acceptors (Lipinski definition) is 8. The molecule has 4 aromatic rings. The molecule has 0 spiro atoms. The van der Waals surface area contributed by atoms with Gasteiger partial charge in [-0.3, -0.25) is 0 Å². The quantitative estimate of drug-likeness (QED) is 0.0832. The van der Waals surface area contributed by atoms with Gasteiger partial charge in [0.25, 0.3) is 0 Å². The van der Waals surface area contributed by atoms with Gasteiger partial charge >= 0.3 is 34.2 Å². The second-order valence-electron chi connectivity index (χ2n) is 15.3. The molecular formula is C38H57FO5S3Si4. The molecule has 1 aliphatic heterocycles. The largest absolute Gasteiger partial charge is 0.488 e. The molecule has 4 heterocycles. The van der Waals surface area contributed by atoms with Crippen LogP contribution in [0, 0.1) is 5.82 Å². The van der Waals surface area contributed by atoms with Crippen LogP contribution in [0.15, 0.2) is 54.6 Å². The normalized spacial score (nSPS) is 18.6. The lowest BCUT2D eigenvalue weighted by Gasteiger charge is -2.47. The third kappa shape index (κ3) is 12.1. The number of unbranched alkanes of at least 4 members (excludes halogenated alkanes) is 5. The van der Waals surface area contributed by atoms with Gasteiger partial charge in [-0.25, -0.2) is 4.39 Å². The Balaban J connectivity index is 1.09. The average Bonchev–Trinajstić information content (AvgIpc) is 3.79. The highest BCUT2D eigenvalue weighted by atomic mass is 32.1. The van der Waals surface area contributed by atoms with E-state index in [0.29, 0.717) is 5.75 Å². The number of rotatable bonds is 16. The van der Waals surface area contributed by atoms with Gasteiger partial charge in [-0.05, 0) is 145 Å². The molecule has 1 fully saturated rings. The second kappa shape index (κ2) is 17.5. The van der Waals surface area contributed by atoms with Crippen LogP contribution < -0.4 is 4.74 Å². The number of hydrogen-bond donors (Lipinski definition) is 0. The molecular weight excluding hydrogens is 764 g/mol. The summed E-state index contributed by atoms with van der Waals surface area (Å²) in [5.74, 6) is 0.0433. The van der Waals surface area contributed by atoms with E-state index in [1.165, 1.54) is 56.5 Å². The fraction of sp³-hybridized carbons (Fsp3) is 0.526. The molecule has 5 nitrogen and oxygen atoms in total. The fourth-order valence-electron chi connectivity index (χ4n) is 7.09. The van der Waals surface area contributed by atoms with Crippen LogP contribution in [0.1, 0.15) is 70.1 Å². The Morgan fingerprint density at radius 2 is 1.18 bits per heavy atom. The van der Waals surface area contributed by atoms with Crippen LogP contribution >= 0.6 is 34.0 Å². The molecule has 1 saturated heterocycles. The second-order valence-corrected chi connectivity index (χ2v) is 33.1. The molecule has 3 aromatic heterocycles. The predicted molar refractivity (Wildman–Crippen MR) is 226 cm³/mol. The van der Waals surface area contributed by atoms with E-state index >= 15 is 0 Å². The smallest absolute Gasteiger partial charge is 0.317 e. The summed E-state index contributed by atoms with van der Waals surface area (Å²) in [5.41, 5.74) is 0.887. The Hall–Kier alpha value is -1.24. The molecule has 51 heavy (non-hydrogen) atoms. The maximum atomic E-state index is 15.0. The standard InChI is InChI=1S/C38H57FO5S3Si4/c1-10-11-14-17-29(2)40-33-21-19-30(28-32(33)39)34-23-24-37(46-34)38-26-25-36(47-38)35-22-20-31(45-35)18-15-12-13-16-27-51(9)43-49(5,6)41-48(3,4)42-50(7,8)44-51/h19-26,28-29H,10-18,27H2,1-9H3/t29-/m1/s1. The number of thiophene rings is 3. The van der Waals surface area contributed by atoms with E-state index in [-0.39, 0.29) is 11.9 Å². The van der Waals surface area contributed by atoms with Crippen molar-refractivity contribution in [3.63, 3.8) is 0 Å².